The van der Waals surface area contributed by atoms with Crippen LogP contribution in [0.2, 0.25) is 0 Å². The lowest BCUT2D eigenvalue weighted by Crippen LogP contribution is -2.34. The number of oxazole rings is 1. The fourth-order valence-corrected chi connectivity index (χ4v) is 3.86. The average Bonchev–Trinajstić information content (AvgIpc) is 3.12. The summed E-state index contributed by atoms with van der Waals surface area (Å²) >= 11 is 8.55. The summed E-state index contributed by atoms with van der Waals surface area (Å²) in [6, 6.07) is 15.8. The number of fused-ring (bicyclic) bond motifs is 1. The van der Waals surface area contributed by atoms with E-state index < -0.39 is 0 Å². The number of amides is 1. The number of thiocarbonyl (C=S) groups is 1. The van der Waals surface area contributed by atoms with Crippen molar-refractivity contribution in [2.24, 2.45) is 0 Å². The van der Waals surface area contributed by atoms with E-state index in [1.165, 1.54) is 6.07 Å². The Morgan fingerprint density at radius 2 is 1.94 bits per heavy atom. The average molecular weight is 496 g/mol. The molecule has 0 aliphatic carbocycles. The van der Waals surface area contributed by atoms with Crippen LogP contribution in [0.1, 0.15) is 21.5 Å². The molecule has 3 N–H and O–H groups in total. The van der Waals surface area contributed by atoms with Gasteiger partial charge in [-0.15, -0.1) is 0 Å². The summed E-state index contributed by atoms with van der Waals surface area (Å²) in [5.41, 5.74) is 4.96. The number of carbonyl (C=O) groups excluding carboxylic acids is 1. The molecular weight excluding hydrogens is 478 g/mol. The fourth-order valence-electron chi connectivity index (χ4n) is 3.25. The molecule has 31 heavy (non-hydrogen) atoms. The molecular formula is C23H18BrN3O3S. The fraction of sp³-hybridized carbons (Fsp3) is 0.0870. The summed E-state index contributed by atoms with van der Waals surface area (Å²) in [6.45, 7) is 3.96. The smallest absolute Gasteiger partial charge is 0.257 e. The van der Waals surface area contributed by atoms with E-state index >= 15 is 0 Å². The van der Waals surface area contributed by atoms with Crippen LogP contribution < -0.4 is 10.6 Å². The first kappa shape index (κ1) is 21.0. The topological polar surface area (TPSA) is 87.4 Å². The number of nitrogens with zero attached hydrogens (tertiary/aromatic N) is 1. The molecule has 3 aromatic carbocycles. The second-order valence-electron chi connectivity index (χ2n) is 7.10. The van der Waals surface area contributed by atoms with Gasteiger partial charge in [0.1, 0.15) is 11.3 Å². The Morgan fingerprint density at radius 1 is 1.13 bits per heavy atom. The highest BCUT2D eigenvalue weighted by molar-refractivity contribution is 9.10. The Hall–Kier alpha value is -3.23. The van der Waals surface area contributed by atoms with Crippen molar-refractivity contribution < 1.29 is 14.3 Å². The van der Waals surface area contributed by atoms with Crippen molar-refractivity contribution in [2.45, 2.75) is 13.8 Å². The number of benzene rings is 3. The van der Waals surface area contributed by atoms with E-state index in [0.29, 0.717) is 28.3 Å². The molecule has 1 aromatic heterocycles. The third-order valence-corrected chi connectivity index (χ3v) is 5.32. The molecule has 0 saturated heterocycles. The van der Waals surface area contributed by atoms with Crippen molar-refractivity contribution in [2.75, 3.05) is 5.32 Å². The normalized spacial score (nSPS) is 10.8. The van der Waals surface area contributed by atoms with Gasteiger partial charge in [-0.1, -0.05) is 28.1 Å². The van der Waals surface area contributed by atoms with E-state index in [4.69, 9.17) is 16.6 Å². The minimum absolute atomic E-state index is 0.0213. The summed E-state index contributed by atoms with van der Waals surface area (Å²) in [5, 5.41) is 16.1. The lowest BCUT2D eigenvalue weighted by Gasteiger charge is -2.11. The van der Waals surface area contributed by atoms with Crippen LogP contribution >= 0.6 is 28.1 Å². The molecule has 0 atom stereocenters. The first-order valence-electron chi connectivity index (χ1n) is 9.39. The molecule has 0 spiro atoms. The lowest BCUT2D eigenvalue weighted by molar-refractivity contribution is 0.0977. The predicted octanol–water partition coefficient (Wildman–Crippen LogP) is 5.71. The van der Waals surface area contributed by atoms with Crippen LogP contribution in [0, 0.1) is 13.8 Å². The van der Waals surface area contributed by atoms with Crippen molar-refractivity contribution in [3.8, 4) is 17.2 Å². The molecule has 0 radical (unpaired) electrons. The Balaban J connectivity index is 1.50. The van der Waals surface area contributed by atoms with Crippen molar-refractivity contribution in [1.82, 2.24) is 10.3 Å². The van der Waals surface area contributed by atoms with E-state index in [2.05, 4.69) is 31.5 Å². The van der Waals surface area contributed by atoms with E-state index in [1.807, 2.05) is 32.0 Å². The molecule has 6 nitrogen and oxygen atoms in total. The Labute approximate surface area is 192 Å². The summed E-state index contributed by atoms with van der Waals surface area (Å²) in [4.78, 5) is 16.8. The third-order valence-electron chi connectivity index (χ3n) is 4.62. The maximum Gasteiger partial charge on any atom is 0.257 e. The van der Waals surface area contributed by atoms with Gasteiger partial charge in [0, 0.05) is 21.8 Å². The van der Waals surface area contributed by atoms with Crippen molar-refractivity contribution in [1.29, 1.82) is 0 Å². The molecule has 0 saturated carbocycles. The number of phenolic OH excluding ortho intramolecular Hbond substituents is 1. The van der Waals surface area contributed by atoms with E-state index in [0.717, 1.165) is 21.1 Å². The second kappa shape index (κ2) is 8.49. The number of carbonyl (C=O) groups is 1. The van der Waals surface area contributed by atoms with Crippen LogP contribution in [0.25, 0.3) is 22.6 Å². The SMILES string of the molecule is Cc1cc(C)c2oc(-c3ccc(NC(=S)NC(=O)c4cccc(Br)c4)cc3O)nc2c1. The zero-order valence-electron chi connectivity index (χ0n) is 16.7. The number of hydrogen-bond acceptors (Lipinski definition) is 5. The highest BCUT2D eigenvalue weighted by Crippen LogP contribution is 2.34. The van der Waals surface area contributed by atoms with Gasteiger partial charge in [-0.05, 0) is 73.6 Å². The van der Waals surface area contributed by atoms with Gasteiger partial charge in [0.25, 0.3) is 5.91 Å². The van der Waals surface area contributed by atoms with Gasteiger partial charge in [0.05, 0.1) is 5.56 Å². The maximum absolute atomic E-state index is 12.3. The van der Waals surface area contributed by atoms with Gasteiger partial charge in [-0.3, -0.25) is 10.1 Å². The maximum atomic E-state index is 12.3. The monoisotopic (exact) mass is 495 g/mol. The number of rotatable bonds is 3. The number of phenols is 1. The summed E-state index contributed by atoms with van der Waals surface area (Å²) in [7, 11) is 0. The van der Waals surface area contributed by atoms with Crippen LogP contribution in [0.4, 0.5) is 5.69 Å². The van der Waals surface area contributed by atoms with Gasteiger partial charge < -0.3 is 14.8 Å². The summed E-state index contributed by atoms with van der Waals surface area (Å²) in [5.74, 6) is -0.0258. The Kier molecular flexibility index (Phi) is 5.75. The molecule has 0 aliphatic heterocycles. The van der Waals surface area contributed by atoms with E-state index in [9.17, 15) is 9.90 Å². The first-order chi connectivity index (χ1) is 14.8. The van der Waals surface area contributed by atoms with Crippen molar-refractivity contribution in [3.63, 3.8) is 0 Å². The lowest BCUT2D eigenvalue weighted by atomic mass is 10.1. The largest absolute Gasteiger partial charge is 0.507 e. The highest BCUT2D eigenvalue weighted by Gasteiger charge is 2.15. The minimum Gasteiger partial charge on any atom is -0.507 e. The van der Waals surface area contributed by atoms with Gasteiger partial charge in [0.2, 0.25) is 5.89 Å². The van der Waals surface area contributed by atoms with Crippen molar-refractivity contribution in [3.05, 3.63) is 75.8 Å². The first-order valence-corrected chi connectivity index (χ1v) is 10.6. The Morgan fingerprint density at radius 3 is 2.68 bits per heavy atom. The van der Waals surface area contributed by atoms with Gasteiger partial charge in [-0.2, -0.15) is 0 Å². The zero-order valence-corrected chi connectivity index (χ0v) is 19.1. The molecule has 156 valence electrons. The predicted molar refractivity (Wildman–Crippen MR) is 128 cm³/mol. The number of hydrogen-bond donors (Lipinski definition) is 3. The van der Waals surface area contributed by atoms with Crippen molar-refractivity contribution >= 4 is 56.0 Å². The molecule has 0 fully saturated rings. The number of nitrogens with one attached hydrogen (secondary N) is 2. The number of aryl methyl sites for hydroxylation is 2. The summed E-state index contributed by atoms with van der Waals surface area (Å²) < 4.78 is 6.67. The van der Waals surface area contributed by atoms with Gasteiger partial charge >= 0.3 is 0 Å². The third kappa shape index (κ3) is 4.60. The van der Waals surface area contributed by atoms with Crippen LogP contribution in [0.5, 0.6) is 5.75 Å². The van der Waals surface area contributed by atoms with Crippen LogP contribution in [0.15, 0.2) is 63.5 Å². The second-order valence-corrected chi connectivity index (χ2v) is 8.42. The highest BCUT2D eigenvalue weighted by atomic mass is 79.9. The molecule has 4 aromatic rings. The van der Waals surface area contributed by atoms with Crippen LogP contribution in [0.3, 0.4) is 0 Å². The van der Waals surface area contributed by atoms with Gasteiger partial charge in [-0.25, -0.2) is 4.98 Å². The number of halogens is 1. The molecule has 1 heterocycles. The molecule has 0 aliphatic rings. The number of aromatic nitrogens is 1. The van der Waals surface area contributed by atoms with E-state index in [-0.39, 0.29) is 16.8 Å². The number of anilines is 1. The van der Waals surface area contributed by atoms with Crippen LogP contribution in [-0.4, -0.2) is 21.1 Å². The quantitative estimate of drug-likeness (QED) is 0.315. The van der Waals surface area contributed by atoms with E-state index in [1.54, 1.807) is 30.3 Å². The van der Waals surface area contributed by atoms with Crippen LogP contribution in [-0.2, 0) is 0 Å². The minimum atomic E-state index is -0.336. The molecule has 1 amide bonds. The molecule has 8 heteroatoms. The summed E-state index contributed by atoms with van der Waals surface area (Å²) in [6.07, 6.45) is 0. The molecule has 4 rings (SSSR count). The van der Waals surface area contributed by atoms with Gasteiger partial charge in [0.15, 0.2) is 10.7 Å². The molecule has 0 unspecified atom stereocenters. The Bertz CT molecular complexity index is 1330. The standard InChI is InChI=1S/C23H18BrN3O3S/c1-12-8-13(2)20-18(9-12)26-22(30-20)17-7-6-16(11-19(17)28)25-23(31)27-21(29)14-4-3-5-15(24)10-14/h3-11,28H,1-2H3,(H2,25,27,29,31). The molecule has 0 bridgehead atoms. The number of aromatic hydroxyl groups is 1. The zero-order chi connectivity index (χ0) is 22.1.